The van der Waals surface area contributed by atoms with E-state index in [9.17, 15) is 5.11 Å². The van der Waals surface area contributed by atoms with Gasteiger partial charge in [0.1, 0.15) is 4.84 Å². The molecule has 0 amide bonds. The van der Waals surface area contributed by atoms with Gasteiger partial charge < -0.3 is 10.4 Å². The quantitative estimate of drug-likeness (QED) is 0.774. The van der Waals surface area contributed by atoms with Gasteiger partial charge in [-0.15, -0.1) is 35.6 Å². The number of hydrogen-bond acceptors (Lipinski definition) is 2. The van der Waals surface area contributed by atoms with Gasteiger partial charge in [0.05, 0.1) is 6.10 Å². The van der Waals surface area contributed by atoms with Gasteiger partial charge >= 0.3 is 0 Å². The molecule has 0 aromatic rings. The van der Waals surface area contributed by atoms with E-state index in [4.69, 9.17) is 23.2 Å². The molecule has 1 aliphatic rings. The molecule has 1 saturated heterocycles. The Bertz CT molecular complexity index is 169. The number of nitrogens with one attached hydrogen (secondary N) is 1. The molecule has 0 saturated carbocycles. The predicted octanol–water partition coefficient (Wildman–Crippen LogP) is 2.60. The number of aliphatic hydroxyl groups is 1. The summed E-state index contributed by atoms with van der Waals surface area (Å²) in [7, 11) is 0. The first-order valence-corrected chi connectivity index (χ1v) is 6.19. The molecule has 0 bridgehead atoms. The standard InChI is InChI=1S/C10H19Cl2NO.ClH/c1-2-7-6-13-4-3-8(7)5-9(14)10(11)12;/h7-10,13-14H,2-6H2,1H3;1H/t7-,8-,9+;/m0./s1. The van der Waals surface area contributed by atoms with Gasteiger partial charge in [0, 0.05) is 0 Å². The minimum atomic E-state index is -0.651. The lowest BCUT2D eigenvalue weighted by Gasteiger charge is -2.33. The lowest BCUT2D eigenvalue weighted by Crippen LogP contribution is -2.38. The van der Waals surface area contributed by atoms with E-state index < -0.39 is 10.9 Å². The number of halogens is 3. The van der Waals surface area contributed by atoms with E-state index in [2.05, 4.69) is 12.2 Å². The smallest absolute Gasteiger partial charge is 0.133 e. The molecule has 1 heterocycles. The molecule has 15 heavy (non-hydrogen) atoms. The van der Waals surface area contributed by atoms with Gasteiger partial charge in [-0.25, -0.2) is 0 Å². The number of alkyl halides is 2. The summed E-state index contributed by atoms with van der Waals surface area (Å²) in [4.78, 5) is -0.651. The Morgan fingerprint density at radius 1 is 1.40 bits per heavy atom. The lowest BCUT2D eigenvalue weighted by atomic mass is 9.81. The van der Waals surface area contributed by atoms with Crippen molar-refractivity contribution in [2.24, 2.45) is 11.8 Å². The van der Waals surface area contributed by atoms with Crippen LogP contribution in [0, 0.1) is 11.8 Å². The van der Waals surface area contributed by atoms with Crippen molar-refractivity contribution in [1.29, 1.82) is 0 Å². The van der Waals surface area contributed by atoms with Crippen LogP contribution in [0.3, 0.4) is 0 Å². The third-order valence-corrected chi connectivity index (χ3v) is 3.71. The summed E-state index contributed by atoms with van der Waals surface area (Å²) in [5.74, 6) is 1.22. The zero-order chi connectivity index (χ0) is 10.6. The van der Waals surface area contributed by atoms with E-state index in [1.165, 1.54) is 0 Å². The zero-order valence-corrected chi connectivity index (χ0v) is 11.3. The fraction of sp³-hybridized carbons (Fsp3) is 1.00. The molecule has 5 heteroatoms. The van der Waals surface area contributed by atoms with Crippen LogP contribution in [0.2, 0.25) is 0 Å². The topological polar surface area (TPSA) is 32.3 Å². The van der Waals surface area contributed by atoms with E-state index in [1.54, 1.807) is 0 Å². The summed E-state index contributed by atoms with van der Waals surface area (Å²) in [5.41, 5.74) is 0. The molecule has 1 rings (SSSR count). The normalized spacial score (nSPS) is 28.6. The van der Waals surface area contributed by atoms with E-state index in [0.29, 0.717) is 11.8 Å². The van der Waals surface area contributed by atoms with Crippen LogP contribution >= 0.6 is 35.6 Å². The molecule has 1 fully saturated rings. The highest BCUT2D eigenvalue weighted by atomic mass is 35.5. The monoisotopic (exact) mass is 275 g/mol. The van der Waals surface area contributed by atoms with Gasteiger partial charge in [-0.3, -0.25) is 0 Å². The van der Waals surface area contributed by atoms with E-state index >= 15 is 0 Å². The largest absolute Gasteiger partial charge is 0.390 e. The minimum absolute atomic E-state index is 0. The molecule has 0 spiro atoms. The summed E-state index contributed by atoms with van der Waals surface area (Å²) in [6.07, 6.45) is 2.43. The van der Waals surface area contributed by atoms with Crippen molar-refractivity contribution >= 4 is 35.6 Å². The molecule has 92 valence electrons. The number of hydrogen-bond donors (Lipinski definition) is 2. The molecule has 0 aliphatic carbocycles. The van der Waals surface area contributed by atoms with Crippen molar-refractivity contribution < 1.29 is 5.11 Å². The van der Waals surface area contributed by atoms with Gasteiger partial charge in [-0.05, 0) is 37.8 Å². The van der Waals surface area contributed by atoms with Gasteiger partial charge in [-0.1, -0.05) is 13.3 Å². The molecular formula is C10H20Cl3NO. The molecule has 0 aromatic heterocycles. The second kappa shape index (κ2) is 7.97. The third-order valence-electron chi connectivity index (χ3n) is 3.12. The molecule has 2 nitrogen and oxygen atoms in total. The molecule has 2 N–H and O–H groups in total. The molecule has 0 aromatic carbocycles. The number of rotatable bonds is 4. The highest BCUT2D eigenvalue weighted by Gasteiger charge is 2.27. The Labute approximate surface area is 108 Å². The third kappa shape index (κ3) is 5.10. The lowest BCUT2D eigenvalue weighted by molar-refractivity contribution is 0.118. The van der Waals surface area contributed by atoms with Crippen molar-refractivity contribution in [3.63, 3.8) is 0 Å². The summed E-state index contributed by atoms with van der Waals surface area (Å²) in [6.45, 7) is 4.29. The Hall–Kier alpha value is 0.790. The summed E-state index contributed by atoms with van der Waals surface area (Å²) in [6, 6.07) is 0. The van der Waals surface area contributed by atoms with Crippen LogP contribution in [-0.4, -0.2) is 29.1 Å². The van der Waals surface area contributed by atoms with Gasteiger partial charge in [-0.2, -0.15) is 0 Å². The predicted molar refractivity (Wildman–Crippen MR) is 68.1 cm³/mol. The van der Waals surface area contributed by atoms with Crippen LogP contribution in [0.25, 0.3) is 0 Å². The molecule has 3 atom stereocenters. The molecule has 0 unspecified atom stereocenters. The van der Waals surface area contributed by atoms with Gasteiger partial charge in [0.15, 0.2) is 0 Å². The summed E-state index contributed by atoms with van der Waals surface area (Å²) in [5, 5.41) is 13.0. The van der Waals surface area contributed by atoms with Crippen LogP contribution in [0.4, 0.5) is 0 Å². The number of aliphatic hydroxyl groups excluding tert-OH is 1. The van der Waals surface area contributed by atoms with Crippen molar-refractivity contribution in [3.8, 4) is 0 Å². The SMILES string of the molecule is CC[C@H]1CNCC[C@H]1C[C@@H](O)C(Cl)Cl.Cl. The van der Waals surface area contributed by atoms with Crippen molar-refractivity contribution in [3.05, 3.63) is 0 Å². The van der Waals surface area contributed by atoms with Crippen LogP contribution in [0.15, 0.2) is 0 Å². The number of piperidine rings is 1. The average Bonchev–Trinajstić information content (AvgIpc) is 2.18. The average molecular weight is 277 g/mol. The Balaban J connectivity index is 0.00000196. The maximum absolute atomic E-state index is 9.61. The van der Waals surface area contributed by atoms with Crippen molar-refractivity contribution in [2.45, 2.75) is 37.1 Å². The van der Waals surface area contributed by atoms with E-state index in [-0.39, 0.29) is 12.4 Å². The van der Waals surface area contributed by atoms with Crippen LogP contribution < -0.4 is 5.32 Å². The minimum Gasteiger partial charge on any atom is -0.390 e. The highest BCUT2D eigenvalue weighted by molar-refractivity contribution is 6.44. The van der Waals surface area contributed by atoms with Crippen LogP contribution in [-0.2, 0) is 0 Å². The Morgan fingerprint density at radius 2 is 2.07 bits per heavy atom. The Kier molecular flexibility index (Phi) is 8.39. The van der Waals surface area contributed by atoms with E-state index in [0.717, 1.165) is 32.4 Å². The fourth-order valence-corrected chi connectivity index (χ4v) is 2.38. The second-order valence-corrected chi connectivity index (χ2v) is 5.22. The zero-order valence-electron chi connectivity index (χ0n) is 8.96. The maximum atomic E-state index is 9.61. The first-order valence-electron chi connectivity index (χ1n) is 5.32. The molecular weight excluding hydrogens is 256 g/mol. The summed E-state index contributed by atoms with van der Waals surface area (Å²) < 4.78 is 0. The van der Waals surface area contributed by atoms with Crippen LogP contribution in [0.5, 0.6) is 0 Å². The van der Waals surface area contributed by atoms with Crippen molar-refractivity contribution in [2.75, 3.05) is 13.1 Å². The fourth-order valence-electron chi connectivity index (χ4n) is 2.18. The van der Waals surface area contributed by atoms with Gasteiger partial charge in [0.25, 0.3) is 0 Å². The second-order valence-electron chi connectivity index (χ2n) is 4.06. The first-order chi connectivity index (χ1) is 6.65. The first kappa shape index (κ1) is 15.8. The van der Waals surface area contributed by atoms with Crippen molar-refractivity contribution in [1.82, 2.24) is 5.32 Å². The van der Waals surface area contributed by atoms with Gasteiger partial charge in [0.2, 0.25) is 0 Å². The maximum Gasteiger partial charge on any atom is 0.133 e. The summed E-state index contributed by atoms with van der Waals surface area (Å²) >= 11 is 11.3. The highest BCUT2D eigenvalue weighted by Crippen LogP contribution is 2.28. The molecule has 1 aliphatic heterocycles. The van der Waals surface area contributed by atoms with E-state index in [1.807, 2.05) is 0 Å². The van der Waals surface area contributed by atoms with Crippen LogP contribution in [0.1, 0.15) is 26.2 Å². The Morgan fingerprint density at radius 3 is 2.60 bits per heavy atom. The molecule has 0 radical (unpaired) electrons.